The molecule has 0 saturated carbocycles. The zero-order chi connectivity index (χ0) is 12.0. The highest BCUT2D eigenvalue weighted by molar-refractivity contribution is 5.18. The van der Waals surface area contributed by atoms with Crippen LogP contribution in [0.2, 0.25) is 0 Å². The lowest BCUT2D eigenvalue weighted by atomic mass is 10.0. The molecule has 90 valence electrons. The van der Waals surface area contributed by atoms with Gasteiger partial charge in [-0.05, 0) is 32.5 Å². The van der Waals surface area contributed by atoms with Gasteiger partial charge in [0.25, 0.3) is 0 Å². The Morgan fingerprint density at radius 3 is 2.25 bits per heavy atom. The molecule has 1 aromatic carbocycles. The van der Waals surface area contributed by atoms with Crippen molar-refractivity contribution >= 4 is 0 Å². The first kappa shape index (κ1) is 13.2. The van der Waals surface area contributed by atoms with Gasteiger partial charge in [0.05, 0.1) is 0 Å². The average molecular weight is 220 g/mol. The lowest BCUT2D eigenvalue weighted by Crippen LogP contribution is -2.36. The van der Waals surface area contributed by atoms with Gasteiger partial charge in [-0.25, -0.2) is 0 Å². The van der Waals surface area contributed by atoms with Crippen molar-refractivity contribution in [2.45, 2.75) is 25.8 Å². The molecule has 0 amide bonds. The van der Waals surface area contributed by atoms with Gasteiger partial charge in [-0.15, -0.1) is 0 Å². The monoisotopic (exact) mass is 220 g/mol. The van der Waals surface area contributed by atoms with Gasteiger partial charge in [-0.2, -0.15) is 0 Å². The quantitative estimate of drug-likeness (QED) is 0.791. The van der Waals surface area contributed by atoms with Crippen LogP contribution in [-0.4, -0.2) is 38.1 Å². The molecule has 2 atom stereocenters. The van der Waals surface area contributed by atoms with E-state index >= 15 is 0 Å². The van der Waals surface area contributed by atoms with E-state index in [1.54, 1.807) is 0 Å². The third-order valence-electron chi connectivity index (χ3n) is 3.14. The number of nitrogens with zero attached hydrogens (tertiary/aromatic N) is 1. The fourth-order valence-electron chi connectivity index (χ4n) is 1.59. The van der Waals surface area contributed by atoms with Crippen molar-refractivity contribution in [3.05, 3.63) is 35.9 Å². The van der Waals surface area contributed by atoms with Crippen molar-refractivity contribution in [3.8, 4) is 0 Å². The second kappa shape index (κ2) is 6.66. The van der Waals surface area contributed by atoms with Crippen LogP contribution in [0.15, 0.2) is 30.3 Å². The molecule has 0 spiro atoms. The van der Waals surface area contributed by atoms with Crippen LogP contribution in [0.5, 0.6) is 0 Å². The van der Waals surface area contributed by atoms with Crippen LogP contribution in [0, 0.1) is 0 Å². The van der Waals surface area contributed by atoms with E-state index in [1.807, 2.05) is 0 Å². The zero-order valence-corrected chi connectivity index (χ0v) is 10.9. The minimum absolute atomic E-state index is 0.579. The van der Waals surface area contributed by atoms with Crippen LogP contribution in [0.3, 0.4) is 0 Å². The van der Waals surface area contributed by atoms with Gasteiger partial charge in [-0.3, -0.25) is 0 Å². The minimum atomic E-state index is 0.579. The van der Waals surface area contributed by atoms with E-state index in [9.17, 15) is 0 Å². The molecule has 2 nitrogen and oxygen atoms in total. The molecular weight excluding hydrogens is 196 g/mol. The van der Waals surface area contributed by atoms with Gasteiger partial charge in [0.15, 0.2) is 0 Å². The molecule has 0 radical (unpaired) electrons. The van der Waals surface area contributed by atoms with E-state index in [1.165, 1.54) is 5.56 Å². The summed E-state index contributed by atoms with van der Waals surface area (Å²) in [5.74, 6) is 0.579. The van der Waals surface area contributed by atoms with Gasteiger partial charge >= 0.3 is 0 Å². The van der Waals surface area contributed by atoms with E-state index in [2.05, 4.69) is 68.5 Å². The molecule has 0 heterocycles. The third kappa shape index (κ3) is 4.33. The van der Waals surface area contributed by atoms with Crippen LogP contribution in [0.4, 0.5) is 0 Å². The maximum atomic E-state index is 3.52. The zero-order valence-electron chi connectivity index (χ0n) is 10.9. The molecule has 2 heteroatoms. The first-order valence-corrected chi connectivity index (χ1v) is 6.03. The maximum Gasteiger partial charge on any atom is 0.0186 e. The second-order valence-corrected chi connectivity index (χ2v) is 4.78. The normalized spacial score (nSPS) is 15.1. The topological polar surface area (TPSA) is 15.3 Å². The summed E-state index contributed by atoms with van der Waals surface area (Å²) < 4.78 is 0. The Morgan fingerprint density at radius 1 is 1.06 bits per heavy atom. The highest BCUT2D eigenvalue weighted by atomic mass is 15.1. The number of hydrogen-bond acceptors (Lipinski definition) is 2. The van der Waals surface area contributed by atoms with Gasteiger partial charge in [-0.1, -0.05) is 37.3 Å². The third-order valence-corrected chi connectivity index (χ3v) is 3.14. The molecule has 0 aliphatic heterocycles. The first-order chi connectivity index (χ1) is 7.61. The van der Waals surface area contributed by atoms with Crippen molar-refractivity contribution in [2.75, 3.05) is 27.2 Å². The summed E-state index contributed by atoms with van der Waals surface area (Å²) in [5.41, 5.74) is 1.41. The molecule has 0 aliphatic rings. The Bertz CT molecular complexity index is 282. The molecular formula is C14H24N2. The van der Waals surface area contributed by atoms with Crippen LogP contribution < -0.4 is 5.32 Å². The van der Waals surface area contributed by atoms with Gasteiger partial charge in [0.1, 0.15) is 0 Å². The fourth-order valence-corrected chi connectivity index (χ4v) is 1.59. The summed E-state index contributed by atoms with van der Waals surface area (Å²) in [6.07, 6.45) is 0. The molecule has 16 heavy (non-hydrogen) atoms. The van der Waals surface area contributed by atoms with Crippen LogP contribution in [0.25, 0.3) is 0 Å². The Hall–Kier alpha value is -0.860. The van der Waals surface area contributed by atoms with E-state index in [4.69, 9.17) is 0 Å². The molecule has 0 aromatic heterocycles. The fraction of sp³-hybridized carbons (Fsp3) is 0.571. The number of hydrogen-bond donors (Lipinski definition) is 1. The summed E-state index contributed by atoms with van der Waals surface area (Å²) in [6, 6.07) is 11.3. The first-order valence-electron chi connectivity index (χ1n) is 6.03. The lowest BCUT2D eigenvalue weighted by Gasteiger charge is -2.21. The Labute approximate surface area is 99.7 Å². The van der Waals surface area contributed by atoms with E-state index in [-0.39, 0.29) is 0 Å². The van der Waals surface area contributed by atoms with Gasteiger partial charge in [0, 0.05) is 19.1 Å². The smallest absolute Gasteiger partial charge is 0.0186 e. The molecule has 0 saturated heterocycles. The van der Waals surface area contributed by atoms with Crippen molar-refractivity contribution in [1.29, 1.82) is 0 Å². The predicted molar refractivity (Wildman–Crippen MR) is 70.9 cm³/mol. The van der Waals surface area contributed by atoms with Crippen LogP contribution >= 0.6 is 0 Å². The van der Waals surface area contributed by atoms with Crippen LogP contribution in [0.1, 0.15) is 25.3 Å². The molecule has 1 rings (SSSR count). The Balaban J connectivity index is 2.28. The second-order valence-electron chi connectivity index (χ2n) is 4.78. The van der Waals surface area contributed by atoms with Gasteiger partial charge < -0.3 is 10.2 Å². The van der Waals surface area contributed by atoms with Crippen molar-refractivity contribution in [3.63, 3.8) is 0 Å². The molecule has 2 unspecified atom stereocenters. The largest absolute Gasteiger partial charge is 0.315 e. The standard InChI is InChI=1S/C14H24N2/c1-12(14-8-6-5-7-9-14)10-15-11-13(2)16(3)4/h5-9,12-13,15H,10-11H2,1-4H3. The van der Waals surface area contributed by atoms with E-state index in [0.29, 0.717) is 12.0 Å². The Kier molecular flexibility index (Phi) is 5.50. The average Bonchev–Trinajstić information content (AvgIpc) is 2.29. The molecule has 0 aliphatic carbocycles. The summed E-state index contributed by atoms with van der Waals surface area (Å²) in [4.78, 5) is 2.24. The Morgan fingerprint density at radius 2 is 1.69 bits per heavy atom. The highest BCUT2D eigenvalue weighted by Crippen LogP contribution is 2.12. The minimum Gasteiger partial charge on any atom is -0.315 e. The summed E-state index contributed by atoms with van der Waals surface area (Å²) in [5, 5.41) is 3.52. The number of likely N-dealkylation sites (N-methyl/N-ethyl adjacent to an activating group) is 1. The SMILES string of the molecule is CC(CNCC(C)N(C)C)c1ccccc1. The van der Waals surface area contributed by atoms with Crippen molar-refractivity contribution < 1.29 is 0 Å². The van der Waals surface area contributed by atoms with Crippen molar-refractivity contribution in [2.24, 2.45) is 0 Å². The molecule has 0 fully saturated rings. The highest BCUT2D eigenvalue weighted by Gasteiger charge is 2.06. The van der Waals surface area contributed by atoms with E-state index in [0.717, 1.165) is 13.1 Å². The number of rotatable bonds is 6. The number of benzene rings is 1. The van der Waals surface area contributed by atoms with E-state index < -0.39 is 0 Å². The summed E-state index contributed by atoms with van der Waals surface area (Å²) >= 11 is 0. The molecule has 1 N–H and O–H groups in total. The lowest BCUT2D eigenvalue weighted by molar-refractivity contribution is 0.302. The van der Waals surface area contributed by atoms with Crippen molar-refractivity contribution in [1.82, 2.24) is 10.2 Å². The number of nitrogens with one attached hydrogen (secondary N) is 1. The van der Waals surface area contributed by atoms with Crippen LogP contribution in [-0.2, 0) is 0 Å². The predicted octanol–water partition coefficient (Wildman–Crippen LogP) is 2.33. The summed E-state index contributed by atoms with van der Waals surface area (Å²) in [7, 11) is 4.24. The molecule has 0 bridgehead atoms. The molecule has 1 aromatic rings. The summed E-state index contributed by atoms with van der Waals surface area (Å²) in [6.45, 7) is 6.59. The maximum absolute atomic E-state index is 3.52. The van der Waals surface area contributed by atoms with Gasteiger partial charge in [0.2, 0.25) is 0 Å².